The Morgan fingerprint density at radius 2 is 2.19 bits per heavy atom. The standard InChI is InChI=1S/C14H13N3O2S2/c1-8(7-18)15-14-16-9-4-6-21-13(9)11(17-14)12(19)10-3-2-5-20-10/h2-6,8,18H,7H2,1H3,(H,15,16,17)/t8-/m0/s1. The van der Waals surface area contributed by atoms with Gasteiger partial charge in [0.2, 0.25) is 11.7 Å². The first-order valence-electron chi connectivity index (χ1n) is 6.40. The molecule has 2 N–H and O–H groups in total. The van der Waals surface area contributed by atoms with Gasteiger partial charge in [0.25, 0.3) is 0 Å². The number of nitrogens with zero attached hydrogens (tertiary/aromatic N) is 2. The monoisotopic (exact) mass is 319 g/mol. The summed E-state index contributed by atoms with van der Waals surface area (Å²) in [5, 5.41) is 15.9. The molecule has 0 radical (unpaired) electrons. The first kappa shape index (κ1) is 14.1. The van der Waals surface area contributed by atoms with Crippen LogP contribution in [0.3, 0.4) is 0 Å². The number of aliphatic hydroxyl groups excluding tert-OH is 1. The van der Waals surface area contributed by atoms with Crippen molar-refractivity contribution in [1.29, 1.82) is 0 Å². The van der Waals surface area contributed by atoms with E-state index in [-0.39, 0.29) is 18.4 Å². The molecule has 0 amide bonds. The average Bonchev–Trinajstić information content (AvgIpc) is 3.16. The van der Waals surface area contributed by atoms with Crippen LogP contribution in [-0.4, -0.2) is 33.5 Å². The predicted molar refractivity (Wildman–Crippen MR) is 85.3 cm³/mol. The van der Waals surface area contributed by atoms with Gasteiger partial charge in [-0.25, -0.2) is 9.97 Å². The molecule has 0 unspecified atom stereocenters. The van der Waals surface area contributed by atoms with Gasteiger partial charge in [-0.05, 0) is 29.8 Å². The lowest BCUT2D eigenvalue weighted by atomic mass is 10.2. The van der Waals surface area contributed by atoms with Gasteiger partial charge in [-0.2, -0.15) is 0 Å². The molecule has 0 aliphatic rings. The van der Waals surface area contributed by atoms with Crippen LogP contribution in [0.25, 0.3) is 10.2 Å². The molecule has 21 heavy (non-hydrogen) atoms. The largest absolute Gasteiger partial charge is 0.394 e. The molecular formula is C14H13N3O2S2. The fraction of sp³-hybridized carbons (Fsp3) is 0.214. The van der Waals surface area contributed by atoms with Crippen molar-refractivity contribution in [2.75, 3.05) is 11.9 Å². The molecule has 3 aromatic heterocycles. The molecular weight excluding hydrogens is 306 g/mol. The number of carbonyl (C=O) groups excluding carboxylic acids is 1. The SMILES string of the molecule is C[C@@H](CO)Nc1nc(C(=O)c2cccs2)c2sccc2n1. The van der Waals surface area contributed by atoms with Crippen LogP contribution in [0.2, 0.25) is 0 Å². The minimum absolute atomic E-state index is 0.0285. The van der Waals surface area contributed by atoms with Crippen molar-refractivity contribution >= 4 is 44.6 Å². The van der Waals surface area contributed by atoms with Gasteiger partial charge in [-0.3, -0.25) is 4.79 Å². The van der Waals surface area contributed by atoms with Crippen molar-refractivity contribution in [3.8, 4) is 0 Å². The van der Waals surface area contributed by atoms with Crippen LogP contribution < -0.4 is 5.32 Å². The lowest BCUT2D eigenvalue weighted by Crippen LogP contribution is -2.21. The number of aromatic nitrogens is 2. The Balaban J connectivity index is 2.07. The molecule has 0 aliphatic heterocycles. The van der Waals surface area contributed by atoms with Crippen molar-refractivity contribution in [3.63, 3.8) is 0 Å². The van der Waals surface area contributed by atoms with E-state index in [0.29, 0.717) is 16.5 Å². The first-order chi connectivity index (χ1) is 10.2. The van der Waals surface area contributed by atoms with E-state index in [9.17, 15) is 4.79 Å². The summed E-state index contributed by atoms with van der Waals surface area (Å²) in [5.74, 6) is 0.266. The highest BCUT2D eigenvalue weighted by Crippen LogP contribution is 2.26. The normalized spacial score (nSPS) is 12.5. The molecule has 0 saturated heterocycles. The van der Waals surface area contributed by atoms with Gasteiger partial charge in [0.15, 0.2) is 0 Å². The Kier molecular flexibility index (Phi) is 3.96. The lowest BCUT2D eigenvalue weighted by Gasteiger charge is -2.11. The van der Waals surface area contributed by atoms with E-state index in [0.717, 1.165) is 10.2 Å². The second kappa shape index (κ2) is 5.88. The number of hydrogen-bond donors (Lipinski definition) is 2. The van der Waals surface area contributed by atoms with Crippen LogP contribution in [0.5, 0.6) is 0 Å². The highest BCUT2D eigenvalue weighted by Gasteiger charge is 2.19. The molecule has 0 bridgehead atoms. The van der Waals surface area contributed by atoms with Crippen LogP contribution in [0.15, 0.2) is 29.0 Å². The third-order valence-electron chi connectivity index (χ3n) is 2.91. The first-order valence-corrected chi connectivity index (χ1v) is 8.16. The number of aliphatic hydroxyl groups is 1. The highest BCUT2D eigenvalue weighted by molar-refractivity contribution is 7.17. The number of hydrogen-bond acceptors (Lipinski definition) is 7. The van der Waals surface area contributed by atoms with Gasteiger partial charge < -0.3 is 10.4 Å². The summed E-state index contributed by atoms with van der Waals surface area (Å²) < 4.78 is 0.788. The van der Waals surface area contributed by atoms with Crippen molar-refractivity contribution in [1.82, 2.24) is 9.97 Å². The van der Waals surface area contributed by atoms with Crippen molar-refractivity contribution in [3.05, 3.63) is 39.5 Å². The van der Waals surface area contributed by atoms with E-state index < -0.39 is 0 Å². The molecule has 0 spiro atoms. The molecule has 3 rings (SSSR count). The molecule has 0 aliphatic carbocycles. The topological polar surface area (TPSA) is 75.1 Å². The number of rotatable bonds is 5. The minimum atomic E-state index is -0.175. The summed E-state index contributed by atoms with van der Waals surface area (Å²) in [6.07, 6.45) is 0. The third kappa shape index (κ3) is 2.80. The Hall–Kier alpha value is -1.83. The summed E-state index contributed by atoms with van der Waals surface area (Å²) >= 11 is 2.85. The zero-order valence-electron chi connectivity index (χ0n) is 11.2. The van der Waals surface area contributed by atoms with Gasteiger partial charge in [0, 0.05) is 6.04 Å². The van der Waals surface area contributed by atoms with Crippen molar-refractivity contribution in [2.24, 2.45) is 0 Å². The smallest absolute Gasteiger partial charge is 0.224 e. The molecule has 0 fully saturated rings. The Morgan fingerprint density at radius 3 is 2.90 bits per heavy atom. The van der Waals surface area contributed by atoms with Gasteiger partial charge in [0.05, 0.1) is 21.7 Å². The number of ketones is 1. The Morgan fingerprint density at radius 1 is 1.33 bits per heavy atom. The molecule has 0 aromatic carbocycles. The predicted octanol–water partition coefficient (Wildman–Crippen LogP) is 2.78. The van der Waals surface area contributed by atoms with Gasteiger partial charge in [0.1, 0.15) is 5.69 Å². The van der Waals surface area contributed by atoms with E-state index in [1.807, 2.05) is 29.8 Å². The number of anilines is 1. The second-order valence-corrected chi connectivity index (χ2v) is 6.43. The van der Waals surface area contributed by atoms with Crippen LogP contribution in [0, 0.1) is 0 Å². The fourth-order valence-corrected chi connectivity index (χ4v) is 3.35. The summed E-state index contributed by atoms with van der Waals surface area (Å²) in [4.78, 5) is 22.0. The lowest BCUT2D eigenvalue weighted by molar-refractivity contribution is 0.103. The maximum absolute atomic E-state index is 12.6. The quantitative estimate of drug-likeness (QED) is 0.707. The zero-order valence-corrected chi connectivity index (χ0v) is 12.9. The maximum Gasteiger partial charge on any atom is 0.224 e. The summed E-state index contributed by atoms with van der Waals surface area (Å²) in [6, 6.07) is 5.32. The fourth-order valence-electron chi connectivity index (χ4n) is 1.87. The molecule has 108 valence electrons. The van der Waals surface area contributed by atoms with E-state index in [2.05, 4.69) is 15.3 Å². The zero-order chi connectivity index (χ0) is 14.8. The molecule has 1 atom stereocenters. The third-order valence-corrected chi connectivity index (χ3v) is 4.69. The number of carbonyl (C=O) groups is 1. The van der Waals surface area contributed by atoms with Crippen LogP contribution >= 0.6 is 22.7 Å². The Labute approximate surface area is 129 Å². The van der Waals surface area contributed by atoms with E-state index in [4.69, 9.17) is 5.11 Å². The highest BCUT2D eigenvalue weighted by atomic mass is 32.1. The van der Waals surface area contributed by atoms with Crippen LogP contribution in [0.4, 0.5) is 5.95 Å². The van der Waals surface area contributed by atoms with Crippen LogP contribution in [0.1, 0.15) is 22.3 Å². The minimum Gasteiger partial charge on any atom is -0.394 e. The molecule has 5 nitrogen and oxygen atoms in total. The van der Waals surface area contributed by atoms with Gasteiger partial charge in [-0.1, -0.05) is 6.07 Å². The molecule has 3 heterocycles. The second-order valence-electron chi connectivity index (χ2n) is 4.57. The van der Waals surface area contributed by atoms with Gasteiger partial charge >= 0.3 is 0 Å². The van der Waals surface area contributed by atoms with E-state index in [1.54, 1.807) is 6.07 Å². The Bertz CT molecular complexity index is 768. The van der Waals surface area contributed by atoms with Crippen LogP contribution in [-0.2, 0) is 0 Å². The van der Waals surface area contributed by atoms with Crippen molar-refractivity contribution in [2.45, 2.75) is 13.0 Å². The van der Waals surface area contributed by atoms with Crippen molar-refractivity contribution < 1.29 is 9.90 Å². The number of nitrogens with one attached hydrogen (secondary N) is 1. The molecule has 7 heteroatoms. The van der Waals surface area contributed by atoms with E-state index in [1.165, 1.54) is 22.7 Å². The van der Waals surface area contributed by atoms with Gasteiger partial charge in [-0.15, -0.1) is 22.7 Å². The summed E-state index contributed by atoms with van der Waals surface area (Å²) in [7, 11) is 0. The summed E-state index contributed by atoms with van der Waals surface area (Å²) in [6.45, 7) is 1.79. The maximum atomic E-state index is 12.6. The molecule has 0 saturated carbocycles. The average molecular weight is 319 g/mol. The number of fused-ring (bicyclic) bond motifs is 1. The summed E-state index contributed by atoms with van der Waals surface area (Å²) in [5.41, 5.74) is 1.15. The number of thiophene rings is 2. The van der Waals surface area contributed by atoms with E-state index >= 15 is 0 Å². The molecule has 3 aromatic rings.